The Morgan fingerprint density at radius 2 is 2.45 bits per heavy atom. The second-order valence-corrected chi connectivity index (χ2v) is 6.01. The molecule has 2 fully saturated rings. The summed E-state index contributed by atoms with van der Waals surface area (Å²) in [7, 11) is 0. The van der Waals surface area contributed by atoms with Crippen LogP contribution in [0.15, 0.2) is 10.6 Å². The van der Waals surface area contributed by atoms with Gasteiger partial charge < -0.3 is 14.7 Å². The summed E-state index contributed by atoms with van der Waals surface area (Å²) in [5.41, 5.74) is 0.885. The average Bonchev–Trinajstić information content (AvgIpc) is 3.16. The number of amides is 1. The summed E-state index contributed by atoms with van der Waals surface area (Å²) >= 11 is 0. The molecule has 0 spiro atoms. The number of aromatic nitrogens is 1. The van der Waals surface area contributed by atoms with Gasteiger partial charge >= 0.3 is 0 Å². The van der Waals surface area contributed by atoms with Gasteiger partial charge in [-0.1, -0.05) is 5.16 Å². The first-order valence-electron chi connectivity index (χ1n) is 7.67. The molecule has 2 atom stereocenters. The molecule has 2 unspecified atom stereocenters. The van der Waals surface area contributed by atoms with Crippen molar-refractivity contribution >= 4 is 5.91 Å². The summed E-state index contributed by atoms with van der Waals surface area (Å²) in [6.07, 6.45) is 4.92. The van der Waals surface area contributed by atoms with Gasteiger partial charge in [0.15, 0.2) is 5.76 Å². The zero-order valence-corrected chi connectivity index (χ0v) is 12.1. The Labute approximate surface area is 119 Å². The molecule has 2 aliphatic heterocycles. The molecule has 3 heterocycles. The van der Waals surface area contributed by atoms with E-state index in [1.807, 2.05) is 17.9 Å². The lowest BCUT2D eigenvalue weighted by atomic mass is 10.0. The summed E-state index contributed by atoms with van der Waals surface area (Å²) in [6, 6.07) is 2.06. The Kier molecular flexibility index (Phi) is 4.05. The molecule has 1 amide bonds. The third-order valence-electron chi connectivity index (χ3n) is 4.48. The Balaban J connectivity index is 1.58. The molecule has 1 aromatic heterocycles. The van der Waals surface area contributed by atoms with Crippen LogP contribution in [0, 0.1) is 12.8 Å². The van der Waals surface area contributed by atoms with Crippen molar-refractivity contribution in [1.29, 1.82) is 0 Å². The molecule has 0 aromatic carbocycles. The third-order valence-corrected chi connectivity index (χ3v) is 4.48. The number of nitrogens with zero attached hydrogens (tertiary/aromatic N) is 2. The molecule has 0 saturated carbocycles. The Hall–Kier alpha value is -1.36. The van der Waals surface area contributed by atoms with E-state index in [9.17, 15) is 4.79 Å². The second-order valence-electron chi connectivity index (χ2n) is 6.01. The Bertz CT molecular complexity index is 465. The van der Waals surface area contributed by atoms with Crippen LogP contribution in [0.2, 0.25) is 0 Å². The maximum Gasteiger partial charge on any atom is 0.223 e. The molecule has 2 saturated heterocycles. The van der Waals surface area contributed by atoms with Gasteiger partial charge in [0.1, 0.15) is 0 Å². The van der Waals surface area contributed by atoms with Crippen molar-refractivity contribution in [3.8, 4) is 0 Å². The number of nitrogens with one attached hydrogen (secondary N) is 1. The zero-order chi connectivity index (χ0) is 13.9. The van der Waals surface area contributed by atoms with Gasteiger partial charge in [0.25, 0.3) is 0 Å². The van der Waals surface area contributed by atoms with Gasteiger partial charge in [-0.15, -0.1) is 0 Å². The summed E-state index contributed by atoms with van der Waals surface area (Å²) in [6.45, 7) is 4.94. The van der Waals surface area contributed by atoms with Crippen LogP contribution in [-0.2, 0) is 4.79 Å². The van der Waals surface area contributed by atoms with E-state index < -0.39 is 0 Å². The van der Waals surface area contributed by atoms with Gasteiger partial charge in [-0.2, -0.15) is 0 Å². The van der Waals surface area contributed by atoms with E-state index in [2.05, 4.69) is 10.5 Å². The molecular formula is C15H23N3O2. The molecule has 0 bridgehead atoms. The minimum atomic E-state index is 0.102. The van der Waals surface area contributed by atoms with Gasteiger partial charge in [0, 0.05) is 19.0 Å². The van der Waals surface area contributed by atoms with Crippen LogP contribution in [-0.4, -0.2) is 35.6 Å². The maximum absolute atomic E-state index is 12.4. The highest BCUT2D eigenvalue weighted by Crippen LogP contribution is 2.33. The van der Waals surface area contributed by atoms with E-state index in [-0.39, 0.29) is 11.9 Å². The summed E-state index contributed by atoms with van der Waals surface area (Å²) < 4.78 is 5.35. The molecule has 2 aliphatic rings. The van der Waals surface area contributed by atoms with Crippen molar-refractivity contribution in [2.24, 2.45) is 5.92 Å². The van der Waals surface area contributed by atoms with Crippen LogP contribution < -0.4 is 5.32 Å². The first-order valence-corrected chi connectivity index (χ1v) is 7.67. The van der Waals surface area contributed by atoms with Crippen molar-refractivity contribution in [2.45, 2.75) is 45.1 Å². The number of aryl methyl sites for hydroxylation is 1. The Morgan fingerprint density at radius 1 is 1.55 bits per heavy atom. The minimum absolute atomic E-state index is 0.102. The van der Waals surface area contributed by atoms with Crippen molar-refractivity contribution in [1.82, 2.24) is 15.4 Å². The van der Waals surface area contributed by atoms with Gasteiger partial charge in [0.05, 0.1) is 11.7 Å². The summed E-state index contributed by atoms with van der Waals surface area (Å²) in [5, 5.41) is 7.30. The molecule has 20 heavy (non-hydrogen) atoms. The lowest BCUT2D eigenvalue weighted by molar-refractivity contribution is -0.132. The van der Waals surface area contributed by atoms with Gasteiger partial charge in [-0.05, 0) is 51.6 Å². The molecule has 110 valence electrons. The van der Waals surface area contributed by atoms with Crippen LogP contribution in [0.5, 0.6) is 0 Å². The highest BCUT2D eigenvalue weighted by atomic mass is 16.5. The van der Waals surface area contributed by atoms with Crippen molar-refractivity contribution < 1.29 is 9.32 Å². The predicted molar refractivity (Wildman–Crippen MR) is 75.1 cm³/mol. The third kappa shape index (κ3) is 2.87. The van der Waals surface area contributed by atoms with E-state index in [1.54, 1.807) is 0 Å². The predicted octanol–water partition coefficient (Wildman–Crippen LogP) is 2.04. The molecular weight excluding hydrogens is 254 g/mol. The normalized spacial score (nSPS) is 26.4. The van der Waals surface area contributed by atoms with Crippen LogP contribution in [0.1, 0.15) is 49.6 Å². The van der Waals surface area contributed by atoms with Gasteiger partial charge in [-0.25, -0.2) is 0 Å². The number of likely N-dealkylation sites (tertiary alicyclic amines) is 1. The monoisotopic (exact) mass is 277 g/mol. The van der Waals surface area contributed by atoms with Gasteiger partial charge in [0.2, 0.25) is 5.91 Å². The topological polar surface area (TPSA) is 58.4 Å². The fourth-order valence-corrected chi connectivity index (χ4v) is 3.33. The second kappa shape index (κ2) is 5.95. The smallest absolute Gasteiger partial charge is 0.223 e. The van der Waals surface area contributed by atoms with Crippen LogP contribution in [0.25, 0.3) is 0 Å². The van der Waals surface area contributed by atoms with Crippen LogP contribution in [0.4, 0.5) is 0 Å². The molecule has 0 aliphatic carbocycles. The Morgan fingerprint density at radius 3 is 3.15 bits per heavy atom. The SMILES string of the molecule is Cc1cc(C2CCCN2C(=O)CCC2CCNC2)on1. The maximum atomic E-state index is 12.4. The lowest BCUT2D eigenvalue weighted by Crippen LogP contribution is -2.30. The first kappa shape index (κ1) is 13.6. The van der Waals surface area contributed by atoms with Gasteiger partial charge in [-0.3, -0.25) is 4.79 Å². The van der Waals surface area contributed by atoms with Crippen LogP contribution in [0.3, 0.4) is 0 Å². The molecule has 1 aromatic rings. The first-order chi connectivity index (χ1) is 9.74. The van der Waals surface area contributed by atoms with Crippen molar-refractivity contribution in [3.05, 3.63) is 17.5 Å². The number of rotatable bonds is 4. The van der Waals surface area contributed by atoms with Crippen molar-refractivity contribution in [3.63, 3.8) is 0 Å². The van der Waals surface area contributed by atoms with E-state index in [0.29, 0.717) is 12.3 Å². The zero-order valence-electron chi connectivity index (χ0n) is 12.1. The number of carbonyl (C=O) groups is 1. The minimum Gasteiger partial charge on any atom is -0.359 e. The van der Waals surface area contributed by atoms with Crippen molar-refractivity contribution in [2.75, 3.05) is 19.6 Å². The fourth-order valence-electron chi connectivity index (χ4n) is 3.33. The number of hydrogen-bond acceptors (Lipinski definition) is 4. The quantitative estimate of drug-likeness (QED) is 0.915. The number of hydrogen-bond donors (Lipinski definition) is 1. The van der Waals surface area contributed by atoms with E-state index in [4.69, 9.17) is 4.52 Å². The lowest BCUT2D eigenvalue weighted by Gasteiger charge is -2.23. The molecule has 3 rings (SSSR count). The fraction of sp³-hybridized carbons (Fsp3) is 0.733. The largest absolute Gasteiger partial charge is 0.359 e. The molecule has 0 radical (unpaired) electrons. The molecule has 5 nitrogen and oxygen atoms in total. The van der Waals surface area contributed by atoms with E-state index in [1.165, 1.54) is 6.42 Å². The summed E-state index contributed by atoms with van der Waals surface area (Å²) in [5.74, 6) is 1.79. The highest BCUT2D eigenvalue weighted by molar-refractivity contribution is 5.77. The highest BCUT2D eigenvalue weighted by Gasteiger charge is 2.32. The molecule has 5 heteroatoms. The molecule has 1 N–H and O–H groups in total. The van der Waals surface area contributed by atoms with E-state index in [0.717, 1.165) is 50.4 Å². The number of carbonyl (C=O) groups excluding carboxylic acids is 1. The average molecular weight is 277 g/mol. The summed E-state index contributed by atoms with van der Waals surface area (Å²) in [4.78, 5) is 14.4. The van der Waals surface area contributed by atoms with Crippen LogP contribution >= 0.6 is 0 Å². The van der Waals surface area contributed by atoms with E-state index >= 15 is 0 Å². The standard InChI is InChI=1S/C15H23N3O2/c1-11-9-14(20-17-11)13-3-2-8-18(13)15(19)5-4-12-6-7-16-10-12/h9,12-13,16H,2-8,10H2,1H3.